The van der Waals surface area contributed by atoms with Crippen LogP contribution in [0.3, 0.4) is 0 Å². The molecule has 0 atom stereocenters. The van der Waals surface area contributed by atoms with E-state index in [1.807, 2.05) is 26.0 Å². The predicted octanol–water partition coefficient (Wildman–Crippen LogP) is 5.31. The number of fused-ring (bicyclic) bond motifs is 1. The first-order valence-corrected chi connectivity index (χ1v) is 10.4. The highest BCUT2D eigenvalue weighted by Gasteiger charge is 2.16. The summed E-state index contributed by atoms with van der Waals surface area (Å²) in [6.45, 7) is 3.77. The number of anilines is 1. The molecule has 2 aromatic carbocycles. The van der Waals surface area contributed by atoms with Gasteiger partial charge in [-0.2, -0.15) is 9.78 Å². The fourth-order valence-electron chi connectivity index (χ4n) is 3.00. The van der Waals surface area contributed by atoms with Crippen molar-refractivity contribution in [3.05, 3.63) is 80.5 Å². The van der Waals surface area contributed by atoms with Crippen LogP contribution in [0.15, 0.2) is 48.5 Å². The van der Waals surface area contributed by atoms with Crippen molar-refractivity contribution in [1.29, 1.82) is 0 Å². The lowest BCUT2D eigenvalue weighted by molar-refractivity contribution is -0.384. The Labute approximate surface area is 185 Å². The average molecular weight is 454 g/mol. The average Bonchev–Trinajstić information content (AvgIpc) is 3.34. The maximum atomic E-state index is 12.5. The van der Waals surface area contributed by atoms with Crippen LogP contribution in [0.1, 0.15) is 16.8 Å². The summed E-state index contributed by atoms with van der Waals surface area (Å²) in [5, 5.41) is 19.3. The maximum absolute atomic E-state index is 12.5. The molecular weight excluding hydrogens is 438 g/mol. The highest BCUT2D eigenvalue weighted by atomic mass is 35.5. The van der Waals surface area contributed by atoms with Crippen LogP contribution in [-0.4, -0.2) is 25.6 Å². The number of benzene rings is 2. The van der Waals surface area contributed by atoms with E-state index in [9.17, 15) is 14.9 Å². The number of nitrogens with one attached hydrogen (secondary N) is 1. The normalized spacial score (nSPS) is 11.3. The number of aromatic nitrogens is 3. The molecule has 10 heteroatoms. The van der Waals surface area contributed by atoms with Crippen molar-refractivity contribution in [3.8, 4) is 5.13 Å². The summed E-state index contributed by atoms with van der Waals surface area (Å²) < 4.78 is 2.42. The first kappa shape index (κ1) is 20.7. The molecule has 0 saturated carbocycles. The Bertz CT molecular complexity index is 1320. The second kappa shape index (κ2) is 8.29. The van der Waals surface area contributed by atoms with E-state index in [1.54, 1.807) is 22.9 Å². The standard InChI is InChI=1S/C21H16ClN5O3S/c1-12-6-8-16(22)20-19(12)24-21(31-20)26-17(10-13(2)25-26)23-18(28)9-7-14-4-3-5-15(11-14)27(29)30/h3-11H,1-2H3,(H,23,28)/b9-7+. The van der Waals surface area contributed by atoms with Gasteiger partial charge in [0.15, 0.2) is 0 Å². The predicted molar refractivity (Wildman–Crippen MR) is 122 cm³/mol. The lowest BCUT2D eigenvalue weighted by atomic mass is 10.2. The highest BCUT2D eigenvalue weighted by Crippen LogP contribution is 2.34. The van der Waals surface area contributed by atoms with Gasteiger partial charge in [-0.05, 0) is 37.1 Å². The van der Waals surface area contributed by atoms with E-state index >= 15 is 0 Å². The van der Waals surface area contributed by atoms with Crippen molar-refractivity contribution in [3.63, 3.8) is 0 Å². The van der Waals surface area contributed by atoms with Crippen LogP contribution in [0, 0.1) is 24.0 Å². The summed E-state index contributed by atoms with van der Waals surface area (Å²) in [5.41, 5.74) is 3.01. The van der Waals surface area contributed by atoms with Gasteiger partial charge in [-0.3, -0.25) is 14.9 Å². The zero-order valence-electron chi connectivity index (χ0n) is 16.5. The SMILES string of the molecule is Cc1cc(NC(=O)/C=C/c2cccc([N+](=O)[O-])c2)n(-c2nc3c(C)ccc(Cl)c3s2)n1. The lowest BCUT2D eigenvalue weighted by Crippen LogP contribution is -2.12. The maximum Gasteiger partial charge on any atom is 0.270 e. The monoisotopic (exact) mass is 453 g/mol. The molecule has 1 N–H and O–H groups in total. The third-order valence-corrected chi connectivity index (χ3v) is 5.95. The van der Waals surface area contributed by atoms with Crippen LogP contribution in [0.4, 0.5) is 11.5 Å². The number of nitro benzene ring substituents is 1. The number of aryl methyl sites for hydroxylation is 2. The summed E-state index contributed by atoms with van der Waals surface area (Å²) in [7, 11) is 0. The molecule has 156 valence electrons. The number of hydrogen-bond acceptors (Lipinski definition) is 6. The van der Waals surface area contributed by atoms with Crippen LogP contribution in [0.25, 0.3) is 21.4 Å². The molecule has 1 amide bonds. The van der Waals surface area contributed by atoms with E-state index in [2.05, 4.69) is 15.4 Å². The molecular formula is C21H16ClN5O3S. The number of thiazole rings is 1. The molecule has 0 saturated heterocycles. The van der Waals surface area contributed by atoms with Crippen molar-refractivity contribution in [1.82, 2.24) is 14.8 Å². The van der Waals surface area contributed by atoms with Crippen molar-refractivity contribution in [2.24, 2.45) is 0 Å². The van der Waals surface area contributed by atoms with E-state index < -0.39 is 10.8 Å². The largest absolute Gasteiger partial charge is 0.307 e. The third-order valence-electron chi connectivity index (χ3n) is 4.46. The molecule has 0 aliphatic heterocycles. The lowest BCUT2D eigenvalue weighted by Gasteiger charge is -2.04. The molecule has 0 aliphatic rings. The van der Waals surface area contributed by atoms with Crippen LogP contribution in [0.2, 0.25) is 5.02 Å². The van der Waals surface area contributed by atoms with Crippen LogP contribution >= 0.6 is 22.9 Å². The number of rotatable bonds is 5. The van der Waals surface area contributed by atoms with Gasteiger partial charge >= 0.3 is 0 Å². The Morgan fingerprint density at radius 2 is 2.06 bits per heavy atom. The summed E-state index contributed by atoms with van der Waals surface area (Å²) in [6, 6.07) is 11.5. The quantitative estimate of drug-likeness (QED) is 0.250. The van der Waals surface area contributed by atoms with Crippen LogP contribution in [-0.2, 0) is 4.79 Å². The molecule has 4 aromatic rings. The summed E-state index contributed by atoms with van der Waals surface area (Å²) in [5.74, 6) is 0.0574. The van der Waals surface area contributed by atoms with Gasteiger partial charge < -0.3 is 5.32 Å². The number of nitrogens with zero attached hydrogens (tertiary/aromatic N) is 4. The summed E-state index contributed by atoms with van der Waals surface area (Å²) >= 11 is 7.69. The molecule has 2 heterocycles. The second-order valence-electron chi connectivity index (χ2n) is 6.80. The number of halogens is 1. The zero-order chi connectivity index (χ0) is 22.1. The molecule has 4 rings (SSSR count). The summed E-state index contributed by atoms with van der Waals surface area (Å²) in [6.07, 6.45) is 2.82. The van der Waals surface area contributed by atoms with Crippen molar-refractivity contribution >= 4 is 56.6 Å². The van der Waals surface area contributed by atoms with Gasteiger partial charge in [-0.15, -0.1) is 0 Å². The Hall–Kier alpha value is -3.56. The second-order valence-corrected chi connectivity index (χ2v) is 8.18. The van der Waals surface area contributed by atoms with Crippen molar-refractivity contribution < 1.29 is 9.72 Å². The fourth-order valence-corrected chi connectivity index (χ4v) is 4.28. The van der Waals surface area contributed by atoms with Gasteiger partial charge in [0.25, 0.3) is 5.69 Å². The molecule has 8 nitrogen and oxygen atoms in total. The Kier molecular flexibility index (Phi) is 5.53. The van der Waals surface area contributed by atoms with E-state index in [4.69, 9.17) is 11.6 Å². The fraction of sp³-hybridized carbons (Fsp3) is 0.0952. The van der Waals surface area contributed by atoms with Gasteiger partial charge in [0.05, 0.1) is 25.9 Å². The molecule has 0 fully saturated rings. The number of amides is 1. The molecule has 2 aromatic heterocycles. The molecule has 31 heavy (non-hydrogen) atoms. The third kappa shape index (κ3) is 4.32. The minimum atomic E-state index is -0.481. The number of carbonyl (C=O) groups is 1. The Morgan fingerprint density at radius 1 is 1.26 bits per heavy atom. The summed E-state index contributed by atoms with van der Waals surface area (Å²) in [4.78, 5) is 27.5. The van der Waals surface area contributed by atoms with Crippen LogP contribution in [0.5, 0.6) is 0 Å². The Morgan fingerprint density at radius 3 is 2.81 bits per heavy atom. The molecule has 0 aliphatic carbocycles. The minimum absolute atomic E-state index is 0.0407. The number of nitro groups is 1. The molecule has 0 bridgehead atoms. The van der Waals surface area contributed by atoms with E-state index in [-0.39, 0.29) is 5.69 Å². The van der Waals surface area contributed by atoms with Gasteiger partial charge in [0.2, 0.25) is 11.0 Å². The molecule has 0 unspecified atom stereocenters. The Balaban J connectivity index is 1.60. The van der Waals surface area contributed by atoms with Crippen LogP contribution < -0.4 is 5.32 Å². The highest BCUT2D eigenvalue weighted by molar-refractivity contribution is 7.21. The first-order valence-electron chi connectivity index (χ1n) is 9.18. The van der Waals surface area contributed by atoms with E-state index in [0.717, 1.165) is 15.8 Å². The topological polar surface area (TPSA) is 103 Å². The number of non-ortho nitro benzene ring substituents is 1. The molecule has 0 spiro atoms. The van der Waals surface area contributed by atoms with Gasteiger partial charge in [-0.25, -0.2) is 4.98 Å². The van der Waals surface area contributed by atoms with Gasteiger partial charge in [0, 0.05) is 24.3 Å². The van der Waals surface area contributed by atoms with E-state index in [0.29, 0.717) is 27.2 Å². The van der Waals surface area contributed by atoms with Crippen molar-refractivity contribution in [2.75, 3.05) is 5.32 Å². The number of carbonyl (C=O) groups excluding carboxylic acids is 1. The molecule has 0 radical (unpaired) electrons. The van der Waals surface area contributed by atoms with Crippen molar-refractivity contribution in [2.45, 2.75) is 13.8 Å². The van der Waals surface area contributed by atoms with Gasteiger partial charge in [0.1, 0.15) is 5.82 Å². The van der Waals surface area contributed by atoms with E-state index in [1.165, 1.54) is 35.6 Å². The first-order chi connectivity index (χ1) is 14.8. The zero-order valence-corrected chi connectivity index (χ0v) is 18.1. The minimum Gasteiger partial charge on any atom is -0.307 e. The number of hydrogen-bond donors (Lipinski definition) is 1. The smallest absolute Gasteiger partial charge is 0.270 e. The van der Waals surface area contributed by atoms with Gasteiger partial charge in [-0.1, -0.05) is 41.1 Å².